The first kappa shape index (κ1) is 8.70. The first-order valence-corrected chi connectivity index (χ1v) is 4.32. The normalized spacial score (nSPS) is 16.8. The molecule has 2 rings (SSSR count). The number of amides is 1. The summed E-state index contributed by atoms with van der Waals surface area (Å²) in [5.41, 5.74) is -0.171. The molecule has 69 valence electrons. The molecule has 0 bridgehead atoms. The van der Waals surface area contributed by atoms with Gasteiger partial charge in [-0.2, -0.15) is 5.26 Å². The zero-order valence-corrected chi connectivity index (χ0v) is 7.45. The summed E-state index contributed by atoms with van der Waals surface area (Å²) < 4.78 is 0. The fourth-order valence-corrected chi connectivity index (χ4v) is 1.16. The van der Waals surface area contributed by atoms with Gasteiger partial charge in [-0.3, -0.25) is 9.78 Å². The summed E-state index contributed by atoms with van der Waals surface area (Å²) in [4.78, 5) is 15.3. The lowest BCUT2D eigenvalue weighted by atomic mass is 10.1. The summed E-state index contributed by atoms with van der Waals surface area (Å²) in [6.45, 7) is 0. The molecule has 1 aliphatic carbocycles. The second kappa shape index (κ2) is 3.11. The number of aromatic nitrogens is 1. The zero-order chi connectivity index (χ0) is 10.0. The molecule has 0 aliphatic heterocycles. The number of anilines is 1. The second-order valence-electron chi connectivity index (χ2n) is 3.32. The molecule has 1 amide bonds. The van der Waals surface area contributed by atoms with Crippen molar-refractivity contribution in [3.63, 3.8) is 0 Å². The number of carbonyl (C=O) groups is 1. The Morgan fingerprint density at radius 2 is 2.50 bits per heavy atom. The van der Waals surface area contributed by atoms with Crippen molar-refractivity contribution in [2.75, 3.05) is 5.32 Å². The average molecular weight is 186 g/mol. The van der Waals surface area contributed by atoms with Crippen LogP contribution in [0.25, 0.3) is 0 Å². The molecule has 1 heterocycles. The molecular formula is C10H8N3O. The molecule has 4 nitrogen and oxygen atoms in total. The van der Waals surface area contributed by atoms with Crippen molar-refractivity contribution in [3.05, 3.63) is 24.5 Å². The molecule has 0 atom stereocenters. The maximum atomic E-state index is 11.6. The molecule has 14 heavy (non-hydrogen) atoms. The smallest absolute Gasteiger partial charge is 0.244 e. The Labute approximate surface area is 81.6 Å². The van der Waals surface area contributed by atoms with Gasteiger partial charge in [-0.15, -0.1) is 0 Å². The summed E-state index contributed by atoms with van der Waals surface area (Å²) in [5.74, 6) is -0.229. The van der Waals surface area contributed by atoms with Crippen LogP contribution < -0.4 is 5.32 Å². The lowest BCUT2D eigenvalue weighted by Crippen LogP contribution is -2.22. The van der Waals surface area contributed by atoms with Gasteiger partial charge in [0.25, 0.3) is 0 Å². The fraction of sp³-hybridized carbons (Fsp3) is 0.300. The topological polar surface area (TPSA) is 65.8 Å². The van der Waals surface area contributed by atoms with E-state index in [9.17, 15) is 4.79 Å². The minimum atomic E-state index is -0.778. The van der Waals surface area contributed by atoms with Crippen LogP contribution >= 0.6 is 0 Å². The number of pyridine rings is 1. The number of hydrogen-bond donors (Lipinski definition) is 1. The average Bonchev–Trinajstić information content (AvgIpc) is 3.00. The van der Waals surface area contributed by atoms with E-state index in [0.29, 0.717) is 18.5 Å². The highest BCUT2D eigenvalue weighted by molar-refractivity contribution is 5.99. The number of carbonyl (C=O) groups excluding carboxylic acids is 1. The first-order chi connectivity index (χ1) is 6.77. The second-order valence-corrected chi connectivity index (χ2v) is 3.32. The van der Waals surface area contributed by atoms with E-state index in [1.54, 1.807) is 12.1 Å². The number of hydrogen-bond acceptors (Lipinski definition) is 3. The summed E-state index contributed by atoms with van der Waals surface area (Å²) in [6, 6.07) is 5.34. The third-order valence-electron chi connectivity index (χ3n) is 2.27. The van der Waals surface area contributed by atoms with Crippen molar-refractivity contribution in [2.45, 2.75) is 12.8 Å². The van der Waals surface area contributed by atoms with E-state index >= 15 is 0 Å². The van der Waals surface area contributed by atoms with Crippen molar-refractivity contribution < 1.29 is 4.79 Å². The zero-order valence-electron chi connectivity index (χ0n) is 7.45. The summed E-state index contributed by atoms with van der Waals surface area (Å²) in [5, 5.41) is 11.4. The van der Waals surface area contributed by atoms with Crippen LogP contribution in [0.15, 0.2) is 18.3 Å². The van der Waals surface area contributed by atoms with Crippen LogP contribution in [0.3, 0.4) is 0 Å². The number of rotatable bonds is 2. The summed E-state index contributed by atoms with van der Waals surface area (Å²) in [6.07, 6.45) is 5.42. The van der Waals surface area contributed by atoms with E-state index in [2.05, 4.69) is 16.5 Å². The maximum absolute atomic E-state index is 11.6. The van der Waals surface area contributed by atoms with Gasteiger partial charge in [0, 0.05) is 0 Å². The third kappa shape index (κ3) is 1.44. The van der Waals surface area contributed by atoms with Crippen molar-refractivity contribution in [3.8, 4) is 6.07 Å². The van der Waals surface area contributed by atoms with E-state index < -0.39 is 5.41 Å². The molecular weight excluding hydrogens is 178 g/mol. The predicted molar refractivity (Wildman–Crippen MR) is 49.0 cm³/mol. The van der Waals surface area contributed by atoms with E-state index in [4.69, 9.17) is 5.26 Å². The highest BCUT2D eigenvalue weighted by Gasteiger charge is 2.50. The van der Waals surface area contributed by atoms with Crippen LogP contribution in [0.5, 0.6) is 0 Å². The van der Waals surface area contributed by atoms with Crippen molar-refractivity contribution >= 4 is 11.6 Å². The van der Waals surface area contributed by atoms with Crippen LogP contribution in [0.2, 0.25) is 0 Å². The molecule has 1 saturated carbocycles. The van der Waals surface area contributed by atoms with Gasteiger partial charge in [-0.05, 0) is 25.0 Å². The van der Waals surface area contributed by atoms with Crippen LogP contribution in [-0.4, -0.2) is 10.9 Å². The Balaban J connectivity index is 2.07. The molecule has 1 N–H and O–H groups in total. The Morgan fingerprint density at radius 1 is 1.71 bits per heavy atom. The Hall–Kier alpha value is -1.89. The monoisotopic (exact) mass is 186 g/mol. The minimum absolute atomic E-state index is 0.229. The summed E-state index contributed by atoms with van der Waals surface area (Å²) in [7, 11) is 0. The molecule has 1 aromatic rings. The van der Waals surface area contributed by atoms with Crippen LogP contribution in [-0.2, 0) is 4.79 Å². The van der Waals surface area contributed by atoms with Gasteiger partial charge in [0.2, 0.25) is 5.91 Å². The number of nitrogens with zero attached hydrogens (tertiary/aromatic N) is 2. The van der Waals surface area contributed by atoms with E-state index in [-0.39, 0.29) is 5.91 Å². The Kier molecular flexibility index (Phi) is 1.93. The van der Waals surface area contributed by atoms with Crippen LogP contribution in [0.1, 0.15) is 12.8 Å². The molecule has 0 aromatic carbocycles. The molecule has 4 heteroatoms. The quantitative estimate of drug-likeness (QED) is 0.752. The fourth-order valence-electron chi connectivity index (χ4n) is 1.16. The molecule has 1 aliphatic rings. The lowest BCUT2D eigenvalue weighted by Gasteiger charge is -2.06. The predicted octanol–water partition coefficient (Wildman–Crippen LogP) is 1.12. The van der Waals surface area contributed by atoms with E-state index in [0.717, 1.165) is 0 Å². The highest BCUT2D eigenvalue weighted by atomic mass is 16.2. The molecule has 1 fully saturated rings. The van der Waals surface area contributed by atoms with E-state index in [1.165, 1.54) is 6.20 Å². The van der Waals surface area contributed by atoms with Gasteiger partial charge < -0.3 is 5.32 Å². The summed E-state index contributed by atoms with van der Waals surface area (Å²) >= 11 is 0. The number of nitriles is 1. The van der Waals surface area contributed by atoms with Gasteiger partial charge in [-0.25, -0.2) is 0 Å². The highest BCUT2D eigenvalue weighted by Crippen LogP contribution is 2.45. The van der Waals surface area contributed by atoms with Crippen LogP contribution in [0, 0.1) is 22.9 Å². The van der Waals surface area contributed by atoms with E-state index in [1.807, 2.05) is 6.07 Å². The lowest BCUT2D eigenvalue weighted by molar-refractivity contribution is -0.119. The standard InChI is InChI=1S/C10H8N3O/c11-7-10(3-4-10)9(14)13-8-2-1-5-12-6-8/h1-2,6H,3-4H2,(H,13,14). The third-order valence-corrected chi connectivity index (χ3v) is 2.27. The SMILES string of the molecule is N#CC1(C(=O)Nc2cc[c]nc2)CC1. The first-order valence-electron chi connectivity index (χ1n) is 4.32. The Bertz CT molecular complexity index is 390. The van der Waals surface area contributed by atoms with Crippen molar-refractivity contribution in [1.29, 1.82) is 5.26 Å². The largest absolute Gasteiger partial charge is 0.323 e. The number of nitrogens with one attached hydrogen (secondary N) is 1. The van der Waals surface area contributed by atoms with Gasteiger partial charge in [0.05, 0.1) is 24.2 Å². The molecule has 0 saturated heterocycles. The van der Waals surface area contributed by atoms with Gasteiger partial charge in [0.1, 0.15) is 5.41 Å². The minimum Gasteiger partial charge on any atom is -0.323 e. The Morgan fingerprint density at radius 3 is 3.00 bits per heavy atom. The van der Waals surface area contributed by atoms with Crippen molar-refractivity contribution in [1.82, 2.24) is 4.98 Å². The van der Waals surface area contributed by atoms with Gasteiger partial charge >= 0.3 is 0 Å². The van der Waals surface area contributed by atoms with Gasteiger partial charge in [0.15, 0.2) is 0 Å². The van der Waals surface area contributed by atoms with Crippen molar-refractivity contribution in [2.24, 2.45) is 5.41 Å². The molecule has 0 unspecified atom stereocenters. The molecule has 1 aromatic heterocycles. The van der Waals surface area contributed by atoms with Gasteiger partial charge in [-0.1, -0.05) is 0 Å². The van der Waals surface area contributed by atoms with Crippen LogP contribution in [0.4, 0.5) is 5.69 Å². The molecule has 1 radical (unpaired) electrons. The maximum Gasteiger partial charge on any atom is 0.244 e. The molecule has 0 spiro atoms.